The molecular weight excluding hydrogens is 306 g/mol. The van der Waals surface area contributed by atoms with E-state index in [1.165, 1.54) is 0 Å². The van der Waals surface area contributed by atoms with Gasteiger partial charge in [0.15, 0.2) is 0 Å². The second kappa shape index (κ2) is 6.91. The number of rotatable bonds is 6. The third-order valence-corrected chi connectivity index (χ3v) is 3.72. The molecule has 2 aromatic heterocycles. The van der Waals surface area contributed by atoms with Crippen LogP contribution in [0.1, 0.15) is 17.0 Å². The summed E-state index contributed by atoms with van der Waals surface area (Å²) in [5, 5.41) is 14.2. The second-order valence-electron chi connectivity index (χ2n) is 5.39. The van der Waals surface area contributed by atoms with Crippen LogP contribution in [-0.2, 0) is 13.1 Å². The Kier molecular flexibility index (Phi) is 4.51. The van der Waals surface area contributed by atoms with Gasteiger partial charge in [0.05, 0.1) is 11.5 Å². The molecule has 0 amide bonds. The first-order valence-corrected chi connectivity index (χ1v) is 7.53. The third-order valence-electron chi connectivity index (χ3n) is 3.72. The van der Waals surface area contributed by atoms with Crippen LogP contribution in [0.2, 0.25) is 0 Å². The molecule has 0 fully saturated rings. The topological polar surface area (TPSA) is 85.9 Å². The van der Waals surface area contributed by atoms with Crippen LogP contribution in [0.4, 0.5) is 11.5 Å². The summed E-state index contributed by atoms with van der Waals surface area (Å²) in [5.74, 6) is 1.05. The summed E-state index contributed by atoms with van der Waals surface area (Å²) in [4.78, 5) is 19.2. The maximum Gasteiger partial charge on any atom is 0.314 e. The zero-order chi connectivity index (χ0) is 16.9. The first kappa shape index (κ1) is 15.7. The number of anilines is 1. The van der Waals surface area contributed by atoms with Crippen LogP contribution in [0, 0.1) is 17.0 Å². The van der Waals surface area contributed by atoms with Gasteiger partial charge in [0.25, 0.3) is 0 Å². The molecule has 1 N–H and O–H groups in total. The van der Waals surface area contributed by atoms with Crippen LogP contribution in [0.5, 0.6) is 0 Å². The first-order valence-electron chi connectivity index (χ1n) is 7.53. The largest absolute Gasteiger partial charge is 0.357 e. The maximum absolute atomic E-state index is 11.2. The molecule has 3 rings (SSSR count). The number of nitrogens with zero attached hydrogens (tertiary/aromatic N) is 4. The van der Waals surface area contributed by atoms with Crippen molar-refractivity contribution < 1.29 is 4.92 Å². The van der Waals surface area contributed by atoms with Crippen LogP contribution in [0.25, 0.3) is 0 Å². The molecule has 7 nitrogen and oxygen atoms in total. The molecule has 7 heteroatoms. The molecule has 0 bridgehead atoms. The lowest BCUT2D eigenvalue weighted by molar-refractivity contribution is -0.384. The summed E-state index contributed by atoms with van der Waals surface area (Å²) in [6.45, 7) is 2.75. The molecule has 0 saturated carbocycles. The van der Waals surface area contributed by atoms with Gasteiger partial charge in [-0.25, -0.2) is 9.97 Å². The molecule has 0 spiro atoms. The Morgan fingerprint density at radius 1 is 1.17 bits per heavy atom. The Morgan fingerprint density at radius 3 is 2.71 bits per heavy atom. The summed E-state index contributed by atoms with van der Waals surface area (Å²) in [6, 6.07) is 11.7. The van der Waals surface area contributed by atoms with Gasteiger partial charge < -0.3 is 9.88 Å². The Bertz CT molecular complexity index is 845. The lowest BCUT2D eigenvalue weighted by Gasteiger charge is -2.10. The standard InChI is InChI=1S/C17H17N5O2/c1-13-7-8-19-17(16(13)22(23)24)20-11-15-18-9-10-21(15)12-14-5-3-2-4-6-14/h2-10H,11-12H2,1H3,(H,19,20). The minimum absolute atomic E-state index is 0.00124. The Balaban J connectivity index is 1.76. The molecular formula is C17H17N5O2. The van der Waals surface area contributed by atoms with Gasteiger partial charge in [0, 0.05) is 30.7 Å². The van der Waals surface area contributed by atoms with E-state index in [-0.39, 0.29) is 11.5 Å². The minimum atomic E-state index is -0.416. The van der Waals surface area contributed by atoms with Crippen molar-refractivity contribution in [2.45, 2.75) is 20.0 Å². The fourth-order valence-electron chi connectivity index (χ4n) is 2.50. The summed E-state index contributed by atoms with van der Waals surface area (Å²) in [6.07, 6.45) is 5.17. The average molecular weight is 323 g/mol. The normalized spacial score (nSPS) is 10.5. The van der Waals surface area contributed by atoms with E-state index < -0.39 is 4.92 Å². The highest BCUT2D eigenvalue weighted by atomic mass is 16.6. The fraction of sp³-hybridized carbons (Fsp3) is 0.176. The van der Waals surface area contributed by atoms with Crippen LogP contribution in [0.15, 0.2) is 55.0 Å². The molecule has 0 aliphatic carbocycles. The predicted molar refractivity (Wildman–Crippen MR) is 90.7 cm³/mol. The zero-order valence-corrected chi connectivity index (χ0v) is 13.2. The van der Waals surface area contributed by atoms with E-state index in [4.69, 9.17) is 0 Å². The van der Waals surface area contributed by atoms with E-state index in [1.807, 2.05) is 41.1 Å². The van der Waals surface area contributed by atoms with Gasteiger partial charge in [-0.05, 0) is 18.6 Å². The number of nitrogens with one attached hydrogen (secondary N) is 1. The predicted octanol–water partition coefficient (Wildman–Crippen LogP) is 3.16. The third kappa shape index (κ3) is 3.40. The lowest BCUT2D eigenvalue weighted by atomic mass is 10.2. The second-order valence-corrected chi connectivity index (χ2v) is 5.39. The van der Waals surface area contributed by atoms with Gasteiger partial charge in [-0.1, -0.05) is 30.3 Å². The molecule has 0 unspecified atom stereocenters. The van der Waals surface area contributed by atoms with E-state index >= 15 is 0 Å². The van der Waals surface area contributed by atoms with E-state index in [1.54, 1.807) is 25.4 Å². The van der Waals surface area contributed by atoms with Crippen LogP contribution in [0.3, 0.4) is 0 Å². The number of imidazole rings is 1. The van der Waals surface area contributed by atoms with Crippen LogP contribution >= 0.6 is 0 Å². The highest BCUT2D eigenvalue weighted by Gasteiger charge is 2.18. The molecule has 122 valence electrons. The number of hydrogen-bond donors (Lipinski definition) is 1. The van der Waals surface area contributed by atoms with Crippen molar-refractivity contribution in [2.24, 2.45) is 0 Å². The lowest BCUT2D eigenvalue weighted by Crippen LogP contribution is -2.11. The molecule has 0 radical (unpaired) electrons. The fourth-order valence-corrected chi connectivity index (χ4v) is 2.50. The zero-order valence-electron chi connectivity index (χ0n) is 13.2. The molecule has 1 aromatic carbocycles. The molecule has 0 aliphatic heterocycles. The maximum atomic E-state index is 11.2. The average Bonchev–Trinajstić information content (AvgIpc) is 3.00. The van der Waals surface area contributed by atoms with Gasteiger partial charge in [-0.3, -0.25) is 10.1 Å². The Hall–Kier alpha value is -3.22. The molecule has 0 saturated heterocycles. The molecule has 2 heterocycles. The van der Waals surface area contributed by atoms with Crippen molar-refractivity contribution in [3.8, 4) is 0 Å². The molecule has 24 heavy (non-hydrogen) atoms. The monoisotopic (exact) mass is 323 g/mol. The number of hydrogen-bond acceptors (Lipinski definition) is 5. The smallest absolute Gasteiger partial charge is 0.314 e. The van der Waals surface area contributed by atoms with Crippen molar-refractivity contribution in [3.05, 3.63) is 82.1 Å². The Labute approximate surface area is 139 Å². The van der Waals surface area contributed by atoms with Crippen molar-refractivity contribution in [1.29, 1.82) is 0 Å². The minimum Gasteiger partial charge on any atom is -0.357 e. The van der Waals surface area contributed by atoms with Gasteiger partial charge >= 0.3 is 5.69 Å². The van der Waals surface area contributed by atoms with E-state index in [2.05, 4.69) is 15.3 Å². The van der Waals surface area contributed by atoms with Crippen molar-refractivity contribution in [2.75, 3.05) is 5.32 Å². The number of aryl methyl sites for hydroxylation is 1. The van der Waals surface area contributed by atoms with Crippen molar-refractivity contribution in [3.63, 3.8) is 0 Å². The van der Waals surface area contributed by atoms with Gasteiger partial charge in [0.2, 0.25) is 5.82 Å². The molecule has 0 atom stereocenters. The van der Waals surface area contributed by atoms with Gasteiger partial charge in [-0.15, -0.1) is 0 Å². The number of nitro groups is 1. The highest BCUT2D eigenvalue weighted by molar-refractivity contribution is 5.59. The number of benzene rings is 1. The van der Waals surface area contributed by atoms with Crippen molar-refractivity contribution >= 4 is 11.5 Å². The van der Waals surface area contributed by atoms with Crippen LogP contribution < -0.4 is 5.32 Å². The number of aromatic nitrogens is 3. The summed E-state index contributed by atoms with van der Waals surface area (Å²) >= 11 is 0. The number of pyridine rings is 1. The Morgan fingerprint density at radius 2 is 1.96 bits per heavy atom. The molecule has 3 aromatic rings. The van der Waals surface area contributed by atoms with Crippen molar-refractivity contribution in [1.82, 2.24) is 14.5 Å². The van der Waals surface area contributed by atoms with Crippen LogP contribution in [-0.4, -0.2) is 19.5 Å². The molecule has 0 aliphatic rings. The van der Waals surface area contributed by atoms with Gasteiger partial charge in [0.1, 0.15) is 5.82 Å². The summed E-state index contributed by atoms with van der Waals surface area (Å²) < 4.78 is 2.00. The van der Waals surface area contributed by atoms with E-state index in [0.29, 0.717) is 18.7 Å². The highest BCUT2D eigenvalue weighted by Crippen LogP contribution is 2.25. The first-order chi connectivity index (χ1) is 11.6. The van der Waals surface area contributed by atoms with E-state index in [9.17, 15) is 10.1 Å². The van der Waals surface area contributed by atoms with Gasteiger partial charge in [-0.2, -0.15) is 0 Å². The SMILES string of the molecule is Cc1ccnc(NCc2nccn2Cc2ccccc2)c1[N+](=O)[O-]. The summed E-state index contributed by atoms with van der Waals surface area (Å²) in [7, 11) is 0. The van der Waals surface area contributed by atoms with E-state index in [0.717, 1.165) is 11.4 Å². The summed E-state index contributed by atoms with van der Waals surface area (Å²) in [5.41, 5.74) is 1.74. The quantitative estimate of drug-likeness (QED) is 0.556.